The minimum atomic E-state index is -0.852. The second kappa shape index (κ2) is 5.88. The van der Waals surface area contributed by atoms with Gasteiger partial charge in [-0.25, -0.2) is 9.97 Å². The van der Waals surface area contributed by atoms with Crippen molar-refractivity contribution in [1.29, 1.82) is 0 Å². The SMILES string of the molecule is OC(c1ccn(C2(c3cccc(Cl)c3)CC2)c1)c1cncnc1Cl. The molecule has 1 aliphatic carbocycles. The predicted octanol–water partition coefficient (Wildman–Crippen LogP) is 4.20. The smallest absolute Gasteiger partial charge is 0.138 e. The van der Waals surface area contributed by atoms with Gasteiger partial charge >= 0.3 is 0 Å². The molecule has 0 saturated heterocycles. The van der Waals surface area contributed by atoms with Gasteiger partial charge in [-0.15, -0.1) is 0 Å². The van der Waals surface area contributed by atoms with Crippen LogP contribution in [0.5, 0.6) is 0 Å². The van der Waals surface area contributed by atoms with Crippen LogP contribution >= 0.6 is 23.2 Å². The number of nitrogens with zero attached hydrogens (tertiary/aromatic N) is 3. The first kappa shape index (κ1) is 15.6. The zero-order valence-electron chi connectivity index (χ0n) is 12.7. The Labute approximate surface area is 149 Å². The highest BCUT2D eigenvalue weighted by Gasteiger charge is 2.46. The van der Waals surface area contributed by atoms with Gasteiger partial charge < -0.3 is 9.67 Å². The van der Waals surface area contributed by atoms with Gasteiger partial charge in [-0.3, -0.25) is 0 Å². The minimum Gasteiger partial charge on any atom is -0.383 e. The van der Waals surface area contributed by atoms with Gasteiger partial charge in [0.05, 0.1) is 5.54 Å². The maximum absolute atomic E-state index is 10.6. The van der Waals surface area contributed by atoms with E-state index in [0.29, 0.717) is 5.56 Å². The lowest BCUT2D eigenvalue weighted by Crippen LogP contribution is -2.16. The lowest BCUT2D eigenvalue weighted by Gasteiger charge is -2.19. The van der Waals surface area contributed by atoms with Crippen molar-refractivity contribution < 1.29 is 5.11 Å². The molecular weight excluding hydrogens is 345 g/mol. The Morgan fingerprint density at radius 3 is 2.75 bits per heavy atom. The molecule has 0 bridgehead atoms. The number of halogens is 2. The number of aromatic nitrogens is 3. The van der Waals surface area contributed by atoms with Crippen LogP contribution < -0.4 is 0 Å². The summed E-state index contributed by atoms with van der Waals surface area (Å²) in [5, 5.41) is 11.6. The molecular formula is C18H15Cl2N3O. The zero-order chi connectivity index (χ0) is 16.7. The van der Waals surface area contributed by atoms with Crippen LogP contribution in [-0.4, -0.2) is 19.6 Å². The Balaban J connectivity index is 1.67. The van der Waals surface area contributed by atoms with Crippen molar-refractivity contribution in [3.63, 3.8) is 0 Å². The summed E-state index contributed by atoms with van der Waals surface area (Å²) in [6.45, 7) is 0. The molecule has 4 rings (SSSR count). The summed E-state index contributed by atoms with van der Waals surface area (Å²) >= 11 is 12.2. The molecule has 1 unspecified atom stereocenters. The molecule has 1 fully saturated rings. The molecule has 1 saturated carbocycles. The minimum absolute atomic E-state index is 0.0696. The maximum Gasteiger partial charge on any atom is 0.138 e. The molecule has 1 N–H and O–H groups in total. The standard InChI is InChI=1S/C18H15Cl2N3O/c19-14-3-1-2-13(8-14)18(5-6-18)23-7-4-12(10-23)16(24)15-9-21-11-22-17(15)20/h1-4,7-11,16,24H,5-6H2. The van der Waals surface area contributed by atoms with Crippen LogP contribution in [0.1, 0.15) is 35.6 Å². The van der Waals surface area contributed by atoms with Gasteiger partial charge in [0.15, 0.2) is 0 Å². The van der Waals surface area contributed by atoms with E-state index in [4.69, 9.17) is 23.2 Å². The lowest BCUT2D eigenvalue weighted by molar-refractivity contribution is 0.219. The van der Waals surface area contributed by atoms with Crippen molar-refractivity contribution >= 4 is 23.2 Å². The molecule has 2 aromatic heterocycles. The van der Waals surface area contributed by atoms with Crippen LogP contribution in [0.4, 0.5) is 0 Å². The maximum atomic E-state index is 10.6. The molecule has 1 atom stereocenters. The van der Waals surface area contributed by atoms with E-state index in [-0.39, 0.29) is 10.7 Å². The van der Waals surface area contributed by atoms with Gasteiger partial charge in [0.1, 0.15) is 17.6 Å². The zero-order valence-corrected chi connectivity index (χ0v) is 14.2. The van der Waals surface area contributed by atoms with Crippen molar-refractivity contribution in [3.05, 3.63) is 82.1 Å². The summed E-state index contributed by atoms with van der Waals surface area (Å²) in [5.41, 5.74) is 2.39. The highest BCUT2D eigenvalue weighted by Crippen LogP contribution is 2.50. The number of hydrogen-bond acceptors (Lipinski definition) is 3. The molecule has 0 spiro atoms. The van der Waals surface area contributed by atoms with Crippen LogP contribution in [0.25, 0.3) is 0 Å². The van der Waals surface area contributed by atoms with Crippen LogP contribution in [0.3, 0.4) is 0 Å². The van der Waals surface area contributed by atoms with Crippen LogP contribution in [0.2, 0.25) is 10.2 Å². The van der Waals surface area contributed by atoms with Crippen LogP contribution in [-0.2, 0) is 5.54 Å². The molecule has 122 valence electrons. The van der Waals surface area contributed by atoms with Gasteiger partial charge in [0.25, 0.3) is 0 Å². The lowest BCUT2D eigenvalue weighted by atomic mass is 10.0. The normalized spacial score (nSPS) is 16.8. The van der Waals surface area contributed by atoms with Crippen molar-refractivity contribution in [2.45, 2.75) is 24.5 Å². The van der Waals surface area contributed by atoms with Gasteiger partial charge in [0, 0.05) is 34.7 Å². The predicted molar refractivity (Wildman–Crippen MR) is 93.3 cm³/mol. The summed E-state index contributed by atoms with van der Waals surface area (Å²) in [4.78, 5) is 7.86. The van der Waals surface area contributed by atoms with Gasteiger partial charge in [-0.2, -0.15) is 0 Å². The molecule has 3 aromatic rings. The molecule has 0 radical (unpaired) electrons. The fourth-order valence-corrected chi connectivity index (χ4v) is 3.51. The second-order valence-corrected chi connectivity index (χ2v) is 6.86. The summed E-state index contributed by atoms with van der Waals surface area (Å²) in [6, 6.07) is 9.85. The molecule has 0 amide bonds. The Kier molecular flexibility index (Phi) is 3.83. The Hall–Kier alpha value is -1.88. The Morgan fingerprint density at radius 1 is 1.21 bits per heavy atom. The first-order chi connectivity index (χ1) is 11.6. The molecule has 0 aliphatic heterocycles. The van der Waals surface area contributed by atoms with E-state index < -0.39 is 6.10 Å². The molecule has 4 nitrogen and oxygen atoms in total. The first-order valence-electron chi connectivity index (χ1n) is 7.68. The Bertz CT molecular complexity index is 889. The molecule has 2 heterocycles. The number of hydrogen-bond donors (Lipinski definition) is 1. The average Bonchev–Trinajstić information content (AvgIpc) is 3.25. The largest absolute Gasteiger partial charge is 0.383 e. The number of aliphatic hydroxyl groups excluding tert-OH is 1. The molecule has 6 heteroatoms. The fourth-order valence-electron chi connectivity index (χ4n) is 3.12. The van der Waals surface area contributed by atoms with E-state index in [0.717, 1.165) is 23.4 Å². The van der Waals surface area contributed by atoms with E-state index >= 15 is 0 Å². The van der Waals surface area contributed by atoms with E-state index in [1.807, 2.05) is 36.7 Å². The van der Waals surface area contributed by atoms with Gasteiger partial charge in [-0.1, -0.05) is 35.3 Å². The highest BCUT2D eigenvalue weighted by molar-refractivity contribution is 6.30. The fraction of sp³-hybridized carbons (Fsp3) is 0.222. The third kappa shape index (κ3) is 2.61. The average molecular weight is 360 g/mol. The van der Waals surface area contributed by atoms with Crippen molar-refractivity contribution in [2.24, 2.45) is 0 Å². The van der Waals surface area contributed by atoms with E-state index in [2.05, 4.69) is 20.6 Å². The molecule has 24 heavy (non-hydrogen) atoms. The number of aliphatic hydroxyl groups is 1. The third-order valence-corrected chi connectivity index (χ3v) is 5.15. The first-order valence-corrected chi connectivity index (χ1v) is 8.44. The Morgan fingerprint density at radius 2 is 2.04 bits per heavy atom. The highest BCUT2D eigenvalue weighted by atomic mass is 35.5. The van der Waals surface area contributed by atoms with Crippen molar-refractivity contribution in [2.75, 3.05) is 0 Å². The van der Waals surface area contributed by atoms with Crippen LogP contribution in [0.15, 0.2) is 55.2 Å². The monoisotopic (exact) mass is 359 g/mol. The van der Waals surface area contributed by atoms with Gasteiger partial charge in [0.2, 0.25) is 0 Å². The topological polar surface area (TPSA) is 50.9 Å². The quantitative estimate of drug-likeness (QED) is 0.710. The third-order valence-electron chi connectivity index (χ3n) is 4.60. The number of rotatable bonds is 4. The summed E-state index contributed by atoms with van der Waals surface area (Å²) in [7, 11) is 0. The van der Waals surface area contributed by atoms with Crippen molar-refractivity contribution in [3.8, 4) is 0 Å². The molecule has 1 aliphatic rings. The summed E-state index contributed by atoms with van der Waals surface area (Å²) in [5.74, 6) is 0. The second-order valence-electron chi connectivity index (χ2n) is 6.07. The van der Waals surface area contributed by atoms with Crippen molar-refractivity contribution in [1.82, 2.24) is 14.5 Å². The number of benzene rings is 1. The van der Waals surface area contributed by atoms with E-state index in [9.17, 15) is 5.11 Å². The molecule has 1 aromatic carbocycles. The summed E-state index contributed by atoms with van der Waals surface area (Å²) in [6.07, 6.45) is 8.10. The van der Waals surface area contributed by atoms with Gasteiger partial charge in [-0.05, 0) is 36.6 Å². The van der Waals surface area contributed by atoms with Crippen LogP contribution in [0, 0.1) is 0 Å². The van der Waals surface area contributed by atoms with E-state index in [1.54, 1.807) is 6.20 Å². The summed E-state index contributed by atoms with van der Waals surface area (Å²) < 4.78 is 2.15. The van der Waals surface area contributed by atoms with E-state index in [1.165, 1.54) is 11.9 Å².